The van der Waals surface area contributed by atoms with Crippen molar-refractivity contribution in [2.45, 2.75) is 32.1 Å². The summed E-state index contributed by atoms with van der Waals surface area (Å²) < 4.78 is 0. The summed E-state index contributed by atoms with van der Waals surface area (Å²) in [6.45, 7) is 1.80. The minimum atomic E-state index is -0.591. The number of hydrogen-bond acceptors (Lipinski definition) is 6. The van der Waals surface area contributed by atoms with Crippen molar-refractivity contribution in [1.29, 1.82) is 0 Å². The number of dihydropyridines is 1. The fourth-order valence-corrected chi connectivity index (χ4v) is 4.04. The van der Waals surface area contributed by atoms with Crippen LogP contribution in [0.5, 0.6) is 0 Å². The number of amides is 1. The highest BCUT2D eigenvalue weighted by molar-refractivity contribution is 6.09. The average molecular weight is 404 g/mol. The number of anilines is 1. The van der Waals surface area contributed by atoms with Gasteiger partial charge in [-0.1, -0.05) is 12.1 Å². The first-order valence-corrected chi connectivity index (χ1v) is 9.65. The van der Waals surface area contributed by atoms with Crippen molar-refractivity contribution in [3.05, 3.63) is 87.0 Å². The first-order valence-electron chi connectivity index (χ1n) is 9.65. The van der Waals surface area contributed by atoms with E-state index in [1.165, 1.54) is 12.1 Å². The van der Waals surface area contributed by atoms with Crippen LogP contribution in [0.3, 0.4) is 0 Å². The maximum Gasteiger partial charge on any atom is 0.269 e. The molecule has 1 aromatic heterocycles. The molecule has 2 aliphatic rings. The van der Waals surface area contributed by atoms with E-state index in [2.05, 4.69) is 15.6 Å². The number of pyridine rings is 1. The van der Waals surface area contributed by atoms with Crippen LogP contribution < -0.4 is 10.6 Å². The van der Waals surface area contributed by atoms with Crippen molar-refractivity contribution in [1.82, 2.24) is 10.3 Å². The molecule has 0 saturated carbocycles. The molecular formula is C22H20N4O4. The standard InChI is InChI=1S/C22H20N4O4/c1-13-19(22(28)25-15-4-3-11-23-12-15)20(14-7-9-16(10-8-14)26(29)30)21-17(24-13)5-2-6-18(21)27/h3-4,7-12,20,24H,2,5-6H2,1H3,(H,25,28)/t20-/m0/s1. The van der Waals surface area contributed by atoms with Crippen molar-refractivity contribution in [2.75, 3.05) is 5.32 Å². The molecule has 1 atom stereocenters. The number of aromatic nitrogens is 1. The van der Waals surface area contributed by atoms with Gasteiger partial charge in [-0.15, -0.1) is 0 Å². The fourth-order valence-electron chi connectivity index (χ4n) is 4.04. The van der Waals surface area contributed by atoms with Crippen LogP contribution in [0.1, 0.15) is 37.7 Å². The molecule has 0 saturated heterocycles. The van der Waals surface area contributed by atoms with Gasteiger partial charge in [0, 0.05) is 53.2 Å². The van der Waals surface area contributed by atoms with E-state index in [-0.39, 0.29) is 17.4 Å². The molecule has 0 spiro atoms. The van der Waals surface area contributed by atoms with Crippen LogP contribution >= 0.6 is 0 Å². The van der Waals surface area contributed by atoms with Crippen LogP contribution in [0.2, 0.25) is 0 Å². The second kappa shape index (κ2) is 7.90. The Morgan fingerprint density at radius 3 is 2.67 bits per heavy atom. The summed E-state index contributed by atoms with van der Waals surface area (Å²) in [7, 11) is 0. The van der Waals surface area contributed by atoms with E-state index in [0.29, 0.717) is 34.5 Å². The van der Waals surface area contributed by atoms with E-state index >= 15 is 0 Å². The lowest BCUT2D eigenvalue weighted by Crippen LogP contribution is -2.35. The van der Waals surface area contributed by atoms with Gasteiger partial charge < -0.3 is 10.6 Å². The summed E-state index contributed by atoms with van der Waals surface area (Å²) in [4.78, 5) is 40.7. The Balaban J connectivity index is 1.79. The highest BCUT2D eigenvalue weighted by Gasteiger charge is 2.38. The fraction of sp³-hybridized carbons (Fsp3) is 0.227. The van der Waals surface area contributed by atoms with Crippen molar-refractivity contribution in [3.63, 3.8) is 0 Å². The van der Waals surface area contributed by atoms with Gasteiger partial charge in [0.25, 0.3) is 11.6 Å². The monoisotopic (exact) mass is 404 g/mol. The SMILES string of the molecule is CC1=C(C(=O)Nc2cccnc2)[C@H](c2ccc([N+](=O)[O-])cc2)C2=C(CCCC2=O)N1. The summed E-state index contributed by atoms with van der Waals surface area (Å²) in [6, 6.07) is 9.48. The molecule has 0 unspecified atom stereocenters. The van der Waals surface area contributed by atoms with Gasteiger partial charge in [-0.05, 0) is 37.5 Å². The van der Waals surface area contributed by atoms with Crippen LogP contribution in [-0.2, 0) is 9.59 Å². The van der Waals surface area contributed by atoms with Crippen molar-refractivity contribution >= 4 is 23.1 Å². The summed E-state index contributed by atoms with van der Waals surface area (Å²) >= 11 is 0. The summed E-state index contributed by atoms with van der Waals surface area (Å²) in [5.41, 5.74) is 3.64. The maximum atomic E-state index is 13.2. The zero-order valence-electron chi connectivity index (χ0n) is 16.3. The molecule has 0 bridgehead atoms. The lowest BCUT2D eigenvalue weighted by Gasteiger charge is -2.34. The van der Waals surface area contributed by atoms with Gasteiger partial charge in [0.15, 0.2) is 5.78 Å². The van der Waals surface area contributed by atoms with E-state index in [1.54, 1.807) is 43.6 Å². The van der Waals surface area contributed by atoms with E-state index in [4.69, 9.17) is 0 Å². The Bertz CT molecular complexity index is 1090. The van der Waals surface area contributed by atoms with Crippen molar-refractivity contribution < 1.29 is 14.5 Å². The largest absolute Gasteiger partial charge is 0.362 e. The molecule has 2 heterocycles. The number of ketones is 1. The Labute approximate surface area is 172 Å². The van der Waals surface area contributed by atoms with Gasteiger partial charge in [-0.2, -0.15) is 0 Å². The number of carbonyl (C=O) groups is 2. The molecule has 0 radical (unpaired) electrons. The molecule has 2 N–H and O–H groups in total. The number of benzene rings is 1. The maximum absolute atomic E-state index is 13.2. The molecule has 30 heavy (non-hydrogen) atoms. The number of nitrogens with one attached hydrogen (secondary N) is 2. The molecule has 8 nitrogen and oxygen atoms in total. The molecule has 1 aliphatic heterocycles. The lowest BCUT2D eigenvalue weighted by molar-refractivity contribution is -0.384. The van der Waals surface area contributed by atoms with E-state index in [0.717, 1.165) is 18.5 Å². The lowest BCUT2D eigenvalue weighted by atomic mass is 9.75. The van der Waals surface area contributed by atoms with E-state index in [1.807, 2.05) is 0 Å². The smallest absolute Gasteiger partial charge is 0.269 e. The molecule has 0 fully saturated rings. The molecule has 1 aromatic carbocycles. The Kier molecular flexibility index (Phi) is 5.14. The van der Waals surface area contributed by atoms with E-state index in [9.17, 15) is 19.7 Å². The molecular weight excluding hydrogens is 384 g/mol. The quantitative estimate of drug-likeness (QED) is 0.594. The highest BCUT2D eigenvalue weighted by atomic mass is 16.6. The molecule has 1 amide bonds. The number of allylic oxidation sites excluding steroid dienone is 3. The third-order valence-electron chi connectivity index (χ3n) is 5.38. The topological polar surface area (TPSA) is 114 Å². The van der Waals surface area contributed by atoms with Gasteiger partial charge in [-0.25, -0.2) is 0 Å². The number of rotatable bonds is 4. The molecule has 1 aliphatic carbocycles. The molecule has 152 valence electrons. The van der Waals surface area contributed by atoms with Crippen molar-refractivity contribution in [2.24, 2.45) is 0 Å². The third kappa shape index (κ3) is 3.59. The first kappa shape index (κ1) is 19.5. The Morgan fingerprint density at radius 2 is 2.00 bits per heavy atom. The van der Waals surface area contributed by atoms with Gasteiger partial charge in [0.2, 0.25) is 0 Å². The predicted octanol–water partition coefficient (Wildman–Crippen LogP) is 3.60. The number of nitro benzene ring substituents is 1. The van der Waals surface area contributed by atoms with Gasteiger partial charge >= 0.3 is 0 Å². The average Bonchev–Trinajstić information content (AvgIpc) is 2.73. The predicted molar refractivity (Wildman–Crippen MR) is 110 cm³/mol. The second-order valence-electron chi connectivity index (χ2n) is 7.31. The van der Waals surface area contributed by atoms with Crippen LogP contribution in [0.4, 0.5) is 11.4 Å². The number of nitro groups is 1. The zero-order chi connectivity index (χ0) is 21.3. The van der Waals surface area contributed by atoms with Gasteiger partial charge in [0.1, 0.15) is 0 Å². The van der Waals surface area contributed by atoms with Crippen LogP contribution in [0.25, 0.3) is 0 Å². The summed E-state index contributed by atoms with van der Waals surface area (Å²) in [6.07, 6.45) is 5.04. The van der Waals surface area contributed by atoms with E-state index < -0.39 is 10.8 Å². The zero-order valence-corrected chi connectivity index (χ0v) is 16.3. The molecule has 2 aromatic rings. The van der Waals surface area contributed by atoms with Gasteiger partial charge in [0.05, 0.1) is 16.8 Å². The first-order chi connectivity index (χ1) is 14.5. The minimum absolute atomic E-state index is 0.00807. The van der Waals surface area contributed by atoms with Crippen LogP contribution in [0.15, 0.2) is 71.3 Å². The molecule has 8 heteroatoms. The van der Waals surface area contributed by atoms with Crippen LogP contribution in [-0.4, -0.2) is 21.6 Å². The summed E-state index contributed by atoms with van der Waals surface area (Å²) in [5.74, 6) is -0.945. The Hall–Kier alpha value is -3.81. The van der Waals surface area contributed by atoms with Crippen molar-refractivity contribution in [3.8, 4) is 0 Å². The highest BCUT2D eigenvalue weighted by Crippen LogP contribution is 2.42. The number of nitrogens with zero attached hydrogens (tertiary/aromatic N) is 2. The number of non-ortho nitro benzene ring substituents is 1. The number of carbonyl (C=O) groups excluding carboxylic acids is 2. The second-order valence-corrected chi connectivity index (χ2v) is 7.31. The Morgan fingerprint density at radius 1 is 1.23 bits per heavy atom. The number of Topliss-reactive ketones (excluding diaryl/α,β-unsaturated/α-hetero) is 1. The summed E-state index contributed by atoms with van der Waals surface area (Å²) in [5, 5.41) is 17.1. The number of hydrogen-bond donors (Lipinski definition) is 2. The molecule has 4 rings (SSSR count). The minimum Gasteiger partial charge on any atom is -0.362 e. The third-order valence-corrected chi connectivity index (χ3v) is 5.38. The normalized spacial score (nSPS) is 18.6. The van der Waals surface area contributed by atoms with Gasteiger partial charge in [-0.3, -0.25) is 24.7 Å². The van der Waals surface area contributed by atoms with Crippen LogP contribution in [0, 0.1) is 10.1 Å².